The SMILES string of the molecule is CCc1ccc2nc(C)cc(C(=O)N3CCCC3c3c(C)noc3C)c2c1. The van der Waals surface area contributed by atoms with Gasteiger partial charge in [-0.25, -0.2) is 0 Å². The number of amides is 1. The van der Waals surface area contributed by atoms with E-state index in [1.54, 1.807) is 0 Å². The van der Waals surface area contributed by atoms with Gasteiger partial charge in [0.25, 0.3) is 5.91 Å². The van der Waals surface area contributed by atoms with Crippen molar-refractivity contribution in [3.63, 3.8) is 0 Å². The molecule has 0 N–H and O–H groups in total. The van der Waals surface area contributed by atoms with Gasteiger partial charge in [0.2, 0.25) is 0 Å². The van der Waals surface area contributed by atoms with Crippen LogP contribution in [-0.4, -0.2) is 27.5 Å². The number of hydrogen-bond acceptors (Lipinski definition) is 4. The molecule has 0 spiro atoms. The van der Waals surface area contributed by atoms with Crippen molar-refractivity contribution in [3.8, 4) is 0 Å². The first-order chi connectivity index (χ1) is 13.0. The van der Waals surface area contributed by atoms with Crippen molar-refractivity contribution in [1.82, 2.24) is 15.0 Å². The molecule has 0 saturated carbocycles. The van der Waals surface area contributed by atoms with E-state index in [0.717, 1.165) is 65.0 Å². The number of rotatable bonds is 3. The third-order valence-electron chi connectivity index (χ3n) is 5.58. The highest BCUT2D eigenvalue weighted by molar-refractivity contribution is 6.06. The van der Waals surface area contributed by atoms with E-state index in [1.165, 1.54) is 5.56 Å². The van der Waals surface area contributed by atoms with E-state index in [9.17, 15) is 4.79 Å². The maximum absolute atomic E-state index is 13.6. The summed E-state index contributed by atoms with van der Waals surface area (Å²) in [5.41, 5.74) is 5.63. The Bertz CT molecular complexity index is 1000. The average Bonchev–Trinajstić information content (AvgIpc) is 3.26. The molecule has 1 aliphatic rings. The monoisotopic (exact) mass is 363 g/mol. The molecule has 0 aliphatic carbocycles. The van der Waals surface area contributed by atoms with Crippen molar-refractivity contribution in [2.24, 2.45) is 0 Å². The Balaban J connectivity index is 1.80. The fraction of sp³-hybridized carbons (Fsp3) is 0.409. The fourth-order valence-electron chi connectivity index (χ4n) is 4.23. The van der Waals surface area contributed by atoms with Gasteiger partial charge in [-0.1, -0.05) is 18.1 Å². The minimum atomic E-state index is 0.0293. The van der Waals surface area contributed by atoms with Crippen LogP contribution < -0.4 is 0 Å². The Hall–Kier alpha value is -2.69. The van der Waals surface area contributed by atoms with Crippen LogP contribution in [0.4, 0.5) is 0 Å². The molecule has 4 rings (SSSR count). The van der Waals surface area contributed by atoms with Gasteiger partial charge in [-0.2, -0.15) is 0 Å². The lowest BCUT2D eigenvalue weighted by Crippen LogP contribution is -2.31. The second-order valence-electron chi connectivity index (χ2n) is 7.41. The molecule has 5 nitrogen and oxygen atoms in total. The number of nitrogens with zero attached hydrogens (tertiary/aromatic N) is 3. The van der Waals surface area contributed by atoms with Crippen molar-refractivity contribution < 1.29 is 9.32 Å². The molecule has 5 heteroatoms. The number of aryl methyl sites for hydroxylation is 4. The van der Waals surface area contributed by atoms with Gasteiger partial charge in [-0.15, -0.1) is 0 Å². The molecular formula is C22H25N3O2. The van der Waals surface area contributed by atoms with E-state index in [0.29, 0.717) is 0 Å². The van der Waals surface area contributed by atoms with Crippen LogP contribution >= 0.6 is 0 Å². The predicted molar refractivity (Wildman–Crippen MR) is 105 cm³/mol. The van der Waals surface area contributed by atoms with Crippen molar-refractivity contribution in [3.05, 3.63) is 58.1 Å². The van der Waals surface area contributed by atoms with Gasteiger partial charge in [0, 0.05) is 23.2 Å². The van der Waals surface area contributed by atoms with Crippen molar-refractivity contribution in [1.29, 1.82) is 0 Å². The molecule has 0 bridgehead atoms. The normalized spacial score (nSPS) is 17.0. The lowest BCUT2D eigenvalue weighted by atomic mass is 10.00. The van der Waals surface area contributed by atoms with Crippen LogP contribution in [0.5, 0.6) is 0 Å². The summed E-state index contributed by atoms with van der Waals surface area (Å²) < 4.78 is 5.36. The van der Waals surface area contributed by atoms with Crippen LogP contribution in [0.25, 0.3) is 10.9 Å². The third kappa shape index (κ3) is 3.01. The van der Waals surface area contributed by atoms with Crippen LogP contribution in [0.1, 0.15) is 64.4 Å². The van der Waals surface area contributed by atoms with E-state index in [4.69, 9.17) is 4.52 Å². The standard InChI is InChI=1S/C22H25N3O2/c1-5-16-8-9-19-17(12-16)18(11-13(2)23-19)22(26)25-10-6-7-20(25)21-14(3)24-27-15(21)4/h8-9,11-12,20H,5-7,10H2,1-4H3. The highest BCUT2D eigenvalue weighted by atomic mass is 16.5. The summed E-state index contributed by atoms with van der Waals surface area (Å²) in [5, 5.41) is 5.03. The summed E-state index contributed by atoms with van der Waals surface area (Å²) in [6.45, 7) is 8.70. The molecule has 27 heavy (non-hydrogen) atoms. The molecule has 3 aromatic rings. The summed E-state index contributed by atoms with van der Waals surface area (Å²) >= 11 is 0. The quantitative estimate of drug-likeness (QED) is 0.677. The lowest BCUT2D eigenvalue weighted by Gasteiger charge is -2.25. The number of benzene rings is 1. The molecule has 1 amide bonds. The molecule has 1 fully saturated rings. The minimum absolute atomic E-state index is 0.0293. The summed E-state index contributed by atoms with van der Waals surface area (Å²) in [4.78, 5) is 20.2. The molecular weight excluding hydrogens is 338 g/mol. The van der Waals surface area contributed by atoms with E-state index in [2.05, 4.69) is 29.2 Å². The zero-order chi connectivity index (χ0) is 19.1. The number of hydrogen-bond donors (Lipinski definition) is 0. The van der Waals surface area contributed by atoms with Crippen molar-refractivity contribution in [2.45, 2.75) is 53.0 Å². The fourth-order valence-corrected chi connectivity index (χ4v) is 4.23. The van der Waals surface area contributed by atoms with Crippen LogP contribution in [0.2, 0.25) is 0 Å². The zero-order valence-corrected chi connectivity index (χ0v) is 16.4. The Kier molecular flexibility index (Phi) is 4.46. The summed E-state index contributed by atoms with van der Waals surface area (Å²) in [7, 11) is 0. The average molecular weight is 363 g/mol. The molecule has 1 unspecified atom stereocenters. The maximum atomic E-state index is 13.6. The minimum Gasteiger partial charge on any atom is -0.361 e. The highest BCUT2D eigenvalue weighted by Crippen LogP contribution is 2.37. The van der Waals surface area contributed by atoms with Crippen LogP contribution in [0, 0.1) is 20.8 Å². The van der Waals surface area contributed by atoms with E-state index < -0.39 is 0 Å². The first-order valence-electron chi connectivity index (χ1n) is 9.63. The van der Waals surface area contributed by atoms with Crippen LogP contribution in [0.15, 0.2) is 28.8 Å². The van der Waals surface area contributed by atoms with E-state index in [-0.39, 0.29) is 11.9 Å². The molecule has 0 radical (unpaired) electrons. The number of likely N-dealkylation sites (tertiary alicyclic amines) is 1. The second kappa shape index (κ2) is 6.80. The first-order valence-corrected chi connectivity index (χ1v) is 9.63. The summed E-state index contributed by atoms with van der Waals surface area (Å²) in [5.74, 6) is 0.877. The van der Waals surface area contributed by atoms with Gasteiger partial charge in [0.15, 0.2) is 0 Å². The van der Waals surface area contributed by atoms with Gasteiger partial charge in [0.1, 0.15) is 5.76 Å². The number of pyridine rings is 1. The third-order valence-corrected chi connectivity index (χ3v) is 5.58. The van der Waals surface area contributed by atoms with Crippen molar-refractivity contribution in [2.75, 3.05) is 6.54 Å². The summed E-state index contributed by atoms with van der Waals surface area (Å²) in [6, 6.07) is 8.17. The molecule has 3 heterocycles. The Labute approximate surface area is 159 Å². The molecule has 1 saturated heterocycles. The van der Waals surface area contributed by atoms with Gasteiger partial charge in [0.05, 0.1) is 22.8 Å². The summed E-state index contributed by atoms with van der Waals surface area (Å²) in [6.07, 6.45) is 2.86. The topological polar surface area (TPSA) is 59.2 Å². The van der Waals surface area contributed by atoms with Gasteiger partial charge in [-0.05, 0) is 63.8 Å². The smallest absolute Gasteiger partial charge is 0.255 e. The van der Waals surface area contributed by atoms with Crippen molar-refractivity contribution >= 4 is 16.8 Å². The Morgan fingerprint density at radius 1 is 1.26 bits per heavy atom. The van der Waals surface area contributed by atoms with Gasteiger partial charge >= 0.3 is 0 Å². The Morgan fingerprint density at radius 3 is 2.78 bits per heavy atom. The van der Waals surface area contributed by atoms with E-state index >= 15 is 0 Å². The van der Waals surface area contributed by atoms with E-state index in [1.807, 2.05) is 37.8 Å². The Morgan fingerprint density at radius 2 is 2.07 bits per heavy atom. The van der Waals surface area contributed by atoms with Crippen LogP contribution in [0.3, 0.4) is 0 Å². The lowest BCUT2D eigenvalue weighted by molar-refractivity contribution is 0.0736. The van der Waals surface area contributed by atoms with Crippen LogP contribution in [-0.2, 0) is 6.42 Å². The molecule has 1 aliphatic heterocycles. The number of fused-ring (bicyclic) bond motifs is 1. The molecule has 1 atom stereocenters. The number of carbonyl (C=O) groups is 1. The maximum Gasteiger partial charge on any atom is 0.255 e. The largest absolute Gasteiger partial charge is 0.361 e. The van der Waals surface area contributed by atoms with Gasteiger partial charge in [-0.3, -0.25) is 9.78 Å². The number of aromatic nitrogens is 2. The molecule has 2 aromatic heterocycles. The highest BCUT2D eigenvalue weighted by Gasteiger charge is 2.34. The first kappa shape index (κ1) is 17.7. The zero-order valence-electron chi connectivity index (χ0n) is 16.4. The number of carbonyl (C=O) groups excluding carboxylic acids is 1. The predicted octanol–water partition coefficient (Wildman–Crippen LogP) is 4.69. The second-order valence-corrected chi connectivity index (χ2v) is 7.41. The molecule has 1 aromatic carbocycles. The molecule has 140 valence electrons. The van der Waals surface area contributed by atoms with Gasteiger partial charge < -0.3 is 9.42 Å².